The lowest BCUT2D eigenvalue weighted by Gasteiger charge is -2.32. The molecule has 4 nitrogen and oxygen atoms in total. The molecule has 0 bridgehead atoms. The van der Waals surface area contributed by atoms with Crippen molar-refractivity contribution in [2.75, 3.05) is 11.4 Å². The minimum absolute atomic E-state index is 0.496. The van der Waals surface area contributed by atoms with Gasteiger partial charge in [-0.2, -0.15) is 5.26 Å². The summed E-state index contributed by atoms with van der Waals surface area (Å²) in [5.74, 6) is 0.496. The Hall–Kier alpha value is -2.93. The summed E-state index contributed by atoms with van der Waals surface area (Å²) in [6.45, 7) is 6.30. The molecule has 0 amide bonds. The first-order valence-corrected chi connectivity index (χ1v) is 8.20. The molecule has 4 heteroatoms. The molecule has 122 valence electrons. The average molecular weight is 318 g/mol. The van der Waals surface area contributed by atoms with Crippen molar-refractivity contribution in [1.29, 1.82) is 5.26 Å². The summed E-state index contributed by atoms with van der Waals surface area (Å²) < 4.78 is 0. The van der Waals surface area contributed by atoms with E-state index in [2.05, 4.69) is 41.1 Å². The Bertz CT molecular complexity index is 771. The third-order valence-corrected chi connectivity index (χ3v) is 4.33. The Morgan fingerprint density at radius 3 is 2.67 bits per heavy atom. The highest BCUT2D eigenvalue weighted by Gasteiger charge is 2.17. The number of nitrogens with two attached hydrogens (primary N) is 1. The number of benzene rings is 2. The predicted octanol–water partition coefficient (Wildman–Crippen LogP) is 3.03. The van der Waals surface area contributed by atoms with Crippen molar-refractivity contribution < 1.29 is 0 Å². The lowest BCUT2D eigenvalue weighted by Crippen LogP contribution is -2.29. The number of nitrogens with one attached hydrogen (secondary N) is 1. The van der Waals surface area contributed by atoms with E-state index in [4.69, 9.17) is 11.0 Å². The number of hydrogen-bond donors (Lipinski definition) is 2. The van der Waals surface area contributed by atoms with Gasteiger partial charge in [-0.25, -0.2) is 0 Å². The molecule has 2 aromatic carbocycles. The van der Waals surface area contributed by atoms with E-state index < -0.39 is 0 Å². The molecule has 0 saturated heterocycles. The topological polar surface area (TPSA) is 65.1 Å². The summed E-state index contributed by atoms with van der Waals surface area (Å²) in [4.78, 5) is 2.42. The average Bonchev–Trinajstić information content (AvgIpc) is 2.60. The Morgan fingerprint density at radius 1 is 1.21 bits per heavy atom. The smallest absolute Gasteiger partial charge is 0.0991 e. The number of aryl methyl sites for hydroxylation is 1. The van der Waals surface area contributed by atoms with Crippen LogP contribution in [0.5, 0.6) is 0 Å². The standard InChI is InChI=1S/C20H22N4/c1-15(22)23-13-18-8-9-20-19(11-18)3-2-10-24(20)14-17-6-4-16(12-21)5-7-17/h4-9,11,23H,1-3,10,13-14,22H2. The molecule has 0 atom stereocenters. The van der Waals surface area contributed by atoms with Gasteiger partial charge in [-0.15, -0.1) is 0 Å². The van der Waals surface area contributed by atoms with Gasteiger partial charge in [0, 0.05) is 25.3 Å². The molecule has 1 aliphatic heterocycles. The number of anilines is 1. The lowest BCUT2D eigenvalue weighted by molar-refractivity contribution is 0.688. The number of rotatable bonds is 5. The van der Waals surface area contributed by atoms with Gasteiger partial charge in [-0.1, -0.05) is 30.8 Å². The van der Waals surface area contributed by atoms with Crippen LogP contribution in [0.15, 0.2) is 54.9 Å². The van der Waals surface area contributed by atoms with E-state index in [1.54, 1.807) is 0 Å². The van der Waals surface area contributed by atoms with Crippen LogP contribution >= 0.6 is 0 Å². The van der Waals surface area contributed by atoms with Crippen LogP contribution in [0, 0.1) is 11.3 Å². The maximum absolute atomic E-state index is 8.91. The van der Waals surface area contributed by atoms with Gasteiger partial charge in [0.05, 0.1) is 17.5 Å². The summed E-state index contributed by atoms with van der Waals surface area (Å²) in [7, 11) is 0. The summed E-state index contributed by atoms with van der Waals surface area (Å²) in [6.07, 6.45) is 2.26. The summed E-state index contributed by atoms with van der Waals surface area (Å²) >= 11 is 0. The van der Waals surface area contributed by atoms with E-state index in [-0.39, 0.29) is 0 Å². The number of fused-ring (bicyclic) bond motifs is 1. The molecule has 0 radical (unpaired) electrons. The third-order valence-electron chi connectivity index (χ3n) is 4.33. The van der Waals surface area contributed by atoms with Crippen LogP contribution in [-0.4, -0.2) is 6.54 Å². The van der Waals surface area contributed by atoms with Gasteiger partial charge in [-0.05, 0) is 47.7 Å². The molecule has 2 aromatic rings. The van der Waals surface area contributed by atoms with Crippen molar-refractivity contribution in [3.8, 4) is 6.07 Å². The van der Waals surface area contributed by atoms with Crippen LogP contribution in [-0.2, 0) is 19.5 Å². The van der Waals surface area contributed by atoms with Crippen LogP contribution in [0.1, 0.15) is 28.7 Å². The summed E-state index contributed by atoms with van der Waals surface area (Å²) in [5, 5.41) is 12.0. The second-order valence-electron chi connectivity index (χ2n) is 6.18. The first-order valence-electron chi connectivity index (χ1n) is 8.20. The largest absolute Gasteiger partial charge is 0.386 e. The molecular weight excluding hydrogens is 296 g/mol. The SMILES string of the molecule is C=C(N)NCc1ccc2c(c1)CCCN2Cc1ccc(C#N)cc1. The Kier molecular flexibility index (Phi) is 4.72. The van der Waals surface area contributed by atoms with Gasteiger partial charge >= 0.3 is 0 Å². The second-order valence-corrected chi connectivity index (χ2v) is 6.18. The highest BCUT2D eigenvalue weighted by atomic mass is 15.1. The van der Waals surface area contributed by atoms with E-state index in [1.165, 1.54) is 22.4 Å². The molecule has 1 aliphatic rings. The molecule has 0 fully saturated rings. The van der Waals surface area contributed by atoms with Gasteiger partial charge in [-0.3, -0.25) is 0 Å². The Morgan fingerprint density at radius 2 is 1.96 bits per heavy atom. The van der Waals surface area contributed by atoms with Crippen LogP contribution < -0.4 is 16.0 Å². The maximum atomic E-state index is 8.91. The number of nitrogens with zero attached hydrogens (tertiary/aromatic N) is 2. The van der Waals surface area contributed by atoms with E-state index in [0.29, 0.717) is 17.9 Å². The second kappa shape index (κ2) is 7.10. The highest BCUT2D eigenvalue weighted by molar-refractivity contribution is 5.57. The highest BCUT2D eigenvalue weighted by Crippen LogP contribution is 2.29. The van der Waals surface area contributed by atoms with E-state index in [0.717, 1.165) is 25.9 Å². The normalized spacial score (nSPS) is 13.0. The summed E-state index contributed by atoms with van der Waals surface area (Å²) in [6, 6.07) is 16.6. The maximum Gasteiger partial charge on any atom is 0.0991 e. The van der Waals surface area contributed by atoms with Crippen molar-refractivity contribution in [3.05, 3.63) is 77.1 Å². The van der Waals surface area contributed by atoms with Gasteiger partial charge in [0.25, 0.3) is 0 Å². The van der Waals surface area contributed by atoms with Gasteiger partial charge in [0.2, 0.25) is 0 Å². The van der Waals surface area contributed by atoms with Crippen molar-refractivity contribution in [1.82, 2.24) is 5.32 Å². The van der Waals surface area contributed by atoms with Crippen LogP contribution in [0.25, 0.3) is 0 Å². The fraction of sp³-hybridized carbons (Fsp3) is 0.250. The Balaban J connectivity index is 1.75. The first-order chi connectivity index (χ1) is 11.7. The minimum atomic E-state index is 0.496. The van der Waals surface area contributed by atoms with Crippen LogP contribution in [0.2, 0.25) is 0 Å². The van der Waals surface area contributed by atoms with Gasteiger partial charge in [0.15, 0.2) is 0 Å². The lowest BCUT2D eigenvalue weighted by atomic mass is 9.98. The minimum Gasteiger partial charge on any atom is -0.386 e. The predicted molar refractivity (Wildman–Crippen MR) is 97.1 cm³/mol. The molecule has 24 heavy (non-hydrogen) atoms. The number of nitriles is 1. The van der Waals surface area contributed by atoms with Gasteiger partial charge in [0.1, 0.15) is 0 Å². The van der Waals surface area contributed by atoms with E-state index in [9.17, 15) is 0 Å². The first kappa shape index (κ1) is 15.9. The molecule has 3 N–H and O–H groups in total. The zero-order valence-corrected chi connectivity index (χ0v) is 13.8. The molecule has 0 unspecified atom stereocenters. The fourth-order valence-corrected chi connectivity index (χ4v) is 3.12. The van der Waals surface area contributed by atoms with Crippen molar-refractivity contribution >= 4 is 5.69 Å². The van der Waals surface area contributed by atoms with Gasteiger partial charge < -0.3 is 16.0 Å². The molecule has 0 aromatic heterocycles. The molecule has 3 rings (SSSR count). The van der Waals surface area contributed by atoms with E-state index >= 15 is 0 Å². The molecule has 0 saturated carbocycles. The Labute approximate surface area is 143 Å². The zero-order valence-electron chi connectivity index (χ0n) is 13.8. The van der Waals surface area contributed by atoms with E-state index in [1.807, 2.05) is 24.3 Å². The quantitative estimate of drug-likeness (QED) is 0.889. The van der Waals surface area contributed by atoms with Crippen molar-refractivity contribution in [2.45, 2.75) is 25.9 Å². The van der Waals surface area contributed by atoms with Crippen molar-refractivity contribution in [2.24, 2.45) is 5.73 Å². The van der Waals surface area contributed by atoms with Crippen molar-refractivity contribution in [3.63, 3.8) is 0 Å². The molecular formula is C20H22N4. The summed E-state index contributed by atoms with van der Waals surface area (Å²) in [5.41, 5.74) is 11.4. The zero-order chi connectivity index (χ0) is 16.9. The van der Waals surface area contributed by atoms with Crippen LogP contribution in [0.3, 0.4) is 0 Å². The molecule has 0 spiro atoms. The fourth-order valence-electron chi connectivity index (χ4n) is 3.12. The molecule has 1 heterocycles. The molecule has 0 aliphatic carbocycles. The third kappa shape index (κ3) is 3.69. The number of hydrogen-bond acceptors (Lipinski definition) is 4. The monoisotopic (exact) mass is 318 g/mol. The van der Waals surface area contributed by atoms with Crippen LogP contribution in [0.4, 0.5) is 5.69 Å².